The van der Waals surface area contributed by atoms with Crippen molar-refractivity contribution in [2.24, 2.45) is 0 Å². The Balaban J connectivity index is 1.99. The first kappa shape index (κ1) is 18.2. The molecule has 1 aromatic rings. The molecule has 5 nitrogen and oxygen atoms in total. The Labute approximate surface area is 147 Å². The summed E-state index contributed by atoms with van der Waals surface area (Å²) in [6.07, 6.45) is 8.55. The third kappa shape index (κ3) is 5.17. The molecule has 0 bridgehead atoms. The van der Waals surface area contributed by atoms with Gasteiger partial charge in [0.25, 0.3) is 5.91 Å². The summed E-state index contributed by atoms with van der Waals surface area (Å²) >= 11 is 6.04. The molecule has 0 unspecified atom stereocenters. The second-order valence-corrected chi connectivity index (χ2v) is 6.24. The first-order valence-electron chi connectivity index (χ1n) is 8.15. The lowest BCUT2D eigenvalue weighted by Gasteiger charge is -2.14. The van der Waals surface area contributed by atoms with Gasteiger partial charge in [-0.1, -0.05) is 37.3 Å². The summed E-state index contributed by atoms with van der Waals surface area (Å²) in [5.74, 6) is 0.0700. The fourth-order valence-electron chi connectivity index (χ4n) is 2.74. The van der Waals surface area contributed by atoms with Gasteiger partial charge in [0.05, 0.1) is 12.1 Å². The molecule has 0 atom stereocenters. The molecule has 0 aromatic heterocycles. The summed E-state index contributed by atoms with van der Waals surface area (Å²) in [4.78, 5) is 12.2. The highest BCUT2D eigenvalue weighted by atomic mass is 35.5. The average Bonchev–Trinajstić information content (AvgIpc) is 2.84. The summed E-state index contributed by atoms with van der Waals surface area (Å²) < 4.78 is 5.07. The van der Waals surface area contributed by atoms with E-state index in [1.807, 2.05) is 6.07 Å². The van der Waals surface area contributed by atoms with Gasteiger partial charge in [-0.25, -0.2) is 0 Å². The number of nitriles is 1. The summed E-state index contributed by atoms with van der Waals surface area (Å²) in [5, 5.41) is 15.5. The second-order valence-electron chi connectivity index (χ2n) is 5.83. The lowest BCUT2D eigenvalue weighted by atomic mass is 10.1. The molecular weight excluding hydrogens is 326 g/mol. The van der Waals surface area contributed by atoms with Gasteiger partial charge in [0.2, 0.25) is 0 Å². The lowest BCUT2D eigenvalue weighted by Crippen LogP contribution is -2.25. The predicted octanol–water partition coefficient (Wildman–Crippen LogP) is 4.01. The summed E-state index contributed by atoms with van der Waals surface area (Å²) in [6, 6.07) is 7.21. The molecule has 1 fully saturated rings. The quantitative estimate of drug-likeness (QED) is 0.479. The van der Waals surface area contributed by atoms with E-state index in [0.29, 0.717) is 22.5 Å². The van der Waals surface area contributed by atoms with Crippen molar-refractivity contribution in [1.29, 1.82) is 5.26 Å². The highest BCUT2D eigenvalue weighted by Gasteiger charge is 2.14. The zero-order valence-corrected chi connectivity index (χ0v) is 14.5. The van der Waals surface area contributed by atoms with Crippen molar-refractivity contribution in [2.45, 2.75) is 44.6 Å². The van der Waals surface area contributed by atoms with E-state index in [9.17, 15) is 10.1 Å². The van der Waals surface area contributed by atoms with E-state index in [1.165, 1.54) is 39.0 Å². The van der Waals surface area contributed by atoms with E-state index >= 15 is 0 Å². The number of nitrogens with zero attached hydrogens (tertiary/aromatic N) is 1. The predicted molar refractivity (Wildman–Crippen MR) is 95.0 cm³/mol. The van der Waals surface area contributed by atoms with Crippen molar-refractivity contribution in [2.75, 3.05) is 12.4 Å². The Kier molecular flexibility index (Phi) is 6.95. The van der Waals surface area contributed by atoms with Crippen LogP contribution in [0.4, 0.5) is 5.69 Å². The van der Waals surface area contributed by atoms with Gasteiger partial charge in [0.15, 0.2) is 0 Å². The first-order chi connectivity index (χ1) is 11.6. The van der Waals surface area contributed by atoms with Gasteiger partial charge in [0, 0.05) is 17.9 Å². The van der Waals surface area contributed by atoms with Crippen molar-refractivity contribution in [3.8, 4) is 11.8 Å². The van der Waals surface area contributed by atoms with E-state index in [1.54, 1.807) is 18.2 Å². The smallest absolute Gasteiger partial charge is 0.267 e. The minimum absolute atomic E-state index is 0.0474. The lowest BCUT2D eigenvalue weighted by molar-refractivity contribution is -0.112. The molecule has 0 saturated heterocycles. The van der Waals surface area contributed by atoms with Crippen LogP contribution in [-0.4, -0.2) is 19.1 Å². The fourth-order valence-corrected chi connectivity index (χ4v) is 3.00. The van der Waals surface area contributed by atoms with Gasteiger partial charge in [-0.15, -0.1) is 0 Å². The Morgan fingerprint density at radius 1 is 1.33 bits per heavy atom. The number of rotatable bonds is 5. The number of hydrogen-bond donors (Lipinski definition) is 2. The van der Waals surface area contributed by atoms with E-state index < -0.39 is 5.91 Å². The van der Waals surface area contributed by atoms with Gasteiger partial charge in [-0.3, -0.25) is 4.79 Å². The number of carbonyl (C=O) groups is 1. The minimum atomic E-state index is -0.458. The molecule has 6 heteroatoms. The van der Waals surface area contributed by atoms with Crippen LogP contribution in [0.15, 0.2) is 30.0 Å². The second kappa shape index (κ2) is 9.19. The summed E-state index contributed by atoms with van der Waals surface area (Å²) in [6.45, 7) is 0. The zero-order valence-electron chi connectivity index (χ0n) is 13.8. The van der Waals surface area contributed by atoms with Gasteiger partial charge in [-0.05, 0) is 31.0 Å². The fraction of sp³-hybridized carbons (Fsp3) is 0.444. The van der Waals surface area contributed by atoms with E-state index in [4.69, 9.17) is 16.3 Å². The molecular formula is C18H22ClN3O2. The maximum atomic E-state index is 12.2. The number of methoxy groups -OCH3 is 1. The summed E-state index contributed by atoms with van der Waals surface area (Å²) in [5.41, 5.74) is 0.563. The number of hydrogen-bond acceptors (Lipinski definition) is 4. The molecule has 1 aromatic carbocycles. The third-order valence-corrected chi connectivity index (χ3v) is 4.39. The minimum Gasteiger partial charge on any atom is -0.495 e. The standard InChI is InChI=1S/C18H22ClN3O2/c1-24-17-9-8-15(10-16(17)19)22-18(23)13(11-20)12-21-14-6-4-2-3-5-7-14/h8-10,12,14,21H,2-7H2,1H3,(H,22,23)/b13-12-. The van der Waals surface area contributed by atoms with Crippen LogP contribution in [0.25, 0.3) is 0 Å². The molecule has 1 aliphatic carbocycles. The van der Waals surface area contributed by atoms with Crippen LogP contribution in [-0.2, 0) is 4.79 Å². The third-order valence-electron chi connectivity index (χ3n) is 4.09. The molecule has 0 aliphatic heterocycles. The van der Waals surface area contributed by atoms with Crippen molar-refractivity contribution in [3.63, 3.8) is 0 Å². The highest BCUT2D eigenvalue weighted by Crippen LogP contribution is 2.27. The number of carbonyl (C=O) groups excluding carboxylic acids is 1. The Bertz CT molecular complexity index is 644. The Morgan fingerprint density at radius 2 is 2.04 bits per heavy atom. The van der Waals surface area contributed by atoms with Crippen LogP contribution >= 0.6 is 11.6 Å². The SMILES string of the molecule is COc1ccc(NC(=O)/C(C#N)=C\NC2CCCCCC2)cc1Cl. The summed E-state index contributed by atoms with van der Waals surface area (Å²) in [7, 11) is 1.52. The van der Waals surface area contributed by atoms with E-state index in [-0.39, 0.29) is 5.57 Å². The molecule has 128 valence electrons. The highest BCUT2D eigenvalue weighted by molar-refractivity contribution is 6.32. The number of amides is 1. The number of ether oxygens (including phenoxy) is 1. The number of anilines is 1. The normalized spacial score (nSPS) is 16.0. The number of benzene rings is 1. The Hall–Kier alpha value is -2.19. The molecule has 2 N–H and O–H groups in total. The van der Waals surface area contributed by atoms with Crippen LogP contribution in [0.1, 0.15) is 38.5 Å². The molecule has 2 rings (SSSR count). The molecule has 1 saturated carbocycles. The maximum Gasteiger partial charge on any atom is 0.267 e. The largest absolute Gasteiger partial charge is 0.495 e. The topological polar surface area (TPSA) is 74.1 Å². The van der Waals surface area contributed by atoms with Crippen molar-refractivity contribution < 1.29 is 9.53 Å². The van der Waals surface area contributed by atoms with Gasteiger partial charge >= 0.3 is 0 Å². The number of halogens is 1. The molecule has 0 heterocycles. The molecule has 0 radical (unpaired) electrons. The van der Waals surface area contributed by atoms with Crippen LogP contribution in [0.3, 0.4) is 0 Å². The van der Waals surface area contributed by atoms with Gasteiger partial charge < -0.3 is 15.4 Å². The van der Waals surface area contributed by atoms with Gasteiger partial charge in [-0.2, -0.15) is 5.26 Å². The van der Waals surface area contributed by atoms with Crippen molar-refractivity contribution in [3.05, 3.63) is 35.0 Å². The number of nitrogens with one attached hydrogen (secondary N) is 2. The molecule has 24 heavy (non-hydrogen) atoms. The van der Waals surface area contributed by atoms with Crippen molar-refractivity contribution >= 4 is 23.2 Å². The van der Waals surface area contributed by atoms with E-state index in [2.05, 4.69) is 10.6 Å². The van der Waals surface area contributed by atoms with Crippen LogP contribution in [0.5, 0.6) is 5.75 Å². The Morgan fingerprint density at radius 3 is 2.62 bits per heavy atom. The maximum absolute atomic E-state index is 12.2. The first-order valence-corrected chi connectivity index (χ1v) is 8.53. The zero-order chi connectivity index (χ0) is 17.4. The molecule has 1 aliphatic rings. The average molecular weight is 348 g/mol. The van der Waals surface area contributed by atoms with Gasteiger partial charge in [0.1, 0.15) is 17.4 Å². The van der Waals surface area contributed by atoms with Crippen molar-refractivity contribution in [1.82, 2.24) is 5.32 Å². The van der Waals surface area contributed by atoms with Crippen LogP contribution in [0, 0.1) is 11.3 Å². The molecule has 0 spiro atoms. The monoisotopic (exact) mass is 347 g/mol. The van der Waals surface area contributed by atoms with Crippen LogP contribution < -0.4 is 15.4 Å². The molecule has 1 amide bonds. The van der Waals surface area contributed by atoms with Crippen LogP contribution in [0.2, 0.25) is 5.02 Å². The van der Waals surface area contributed by atoms with E-state index in [0.717, 1.165) is 12.8 Å².